The molecule has 4 heterocycles. The van der Waals surface area contributed by atoms with Gasteiger partial charge in [-0.05, 0) is 37.6 Å². The van der Waals surface area contributed by atoms with E-state index in [9.17, 15) is 9.59 Å². The SMILES string of the molecule is CN1C(=O)C(C)(C)c2cc(NC(=O)c3cc(OCCN4CCOCC4)nc(N4CCOCC4)n3)ccc21. The number of morpholine rings is 2. The van der Waals surface area contributed by atoms with E-state index in [4.69, 9.17) is 14.2 Å². The van der Waals surface area contributed by atoms with Gasteiger partial charge in [-0.2, -0.15) is 4.98 Å². The van der Waals surface area contributed by atoms with Gasteiger partial charge in [0.1, 0.15) is 12.3 Å². The number of carbonyl (C=O) groups is 2. The summed E-state index contributed by atoms with van der Waals surface area (Å²) in [6.45, 7) is 10.6. The van der Waals surface area contributed by atoms with E-state index in [1.165, 1.54) is 0 Å². The quantitative estimate of drug-likeness (QED) is 0.593. The molecule has 0 radical (unpaired) electrons. The Hall–Kier alpha value is -3.28. The van der Waals surface area contributed by atoms with E-state index in [1.54, 1.807) is 24.1 Å². The molecule has 0 aliphatic carbocycles. The molecule has 0 saturated carbocycles. The summed E-state index contributed by atoms with van der Waals surface area (Å²) in [6.07, 6.45) is 0. The number of nitrogens with zero attached hydrogens (tertiary/aromatic N) is 5. The van der Waals surface area contributed by atoms with Crippen LogP contribution in [0.5, 0.6) is 5.88 Å². The number of amides is 2. The number of nitrogens with one attached hydrogen (secondary N) is 1. The van der Waals surface area contributed by atoms with Gasteiger partial charge in [0.25, 0.3) is 5.91 Å². The predicted octanol–water partition coefficient (Wildman–Crippen LogP) is 1.53. The zero-order chi connectivity index (χ0) is 26.0. The maximum Gasteiger partial charge on any atom is 0.274 e. The van der Waals surface area contributed by atoms with Crippen LogP contribution in [0, 0.1) is 0 Å². The zero-order valence-electron chi connectivity index (χ0n) is 21.7. The Balaban J connectivity index is 1.34. The molecule has 11 nitrogen and oxygen atoms in total. The van der Waals surface area contributed by atoms with Crippen molar-refractivity contribution < 1.29 is 23.8 Å². The number of fused-ring (bicyclic) bond motifs is 1. The monoisotopic (exact) mass is 510 g/mol. The van der Waals surface area contributed by atoms with Crippen LogP contribution in [0.3, 0.4) is 0 Å². The van der Waals surface area contributed by atoms with E-state index < -0.39 is 5.41 Å². The van der Waals surface area contributed by atoms with E-state index in [-0.39, 0.29) is 17.5 Å². The molecule has 0 unspecified atom stereocenters. The molecule has 3 aliphatic rings. The first kappa shape index (κ1) is 25.4. The molecular weight excluding hydrogens is 476 g/mol. The van der Waals surface area contributed by atoms with Crippen molar-refractivity contribution in [3.05, 3.63) is 35.5 Å². The van der Waals surface area contributed by atoms with Gasteiger partial charge in [0, 0.05) is 57.2 Å². The van der Waals surface area contributed by atoms with Gasteiger partial charge >= 0.3 is 0 Å². The minimum Gasteiger partial charge on any atom is -0.476 e. The molecule has 0 bridgehead atoms. The number of aromatic nitrogens is 2. The van der Waals surface area contributed by atoms with Crippen LogP contribution in [-0.2, 0) is 19.7 Å². The van der Waals surface area contributed by atoms with E-state index in [1.807, 2.05) is 30.9 Å². The minimum absolute atomic E-state index is 0.0239. The minimum atomic E-state index is -0.662. The Morgan fingerprint density at radius 3 is 2.49 bits per heavy atom. The van der Waals surface area contributed by atoms with Crippen molar-refractivity contribution in [1.82, 2.24) is 14.9 Å². The topological polar surface area (TPSA) is 109 Å². The summed E-state index contributed by atoms with van der Waals surface area (Å²) in [6, 6.07) is 7.09. The number of carbonyl (C=O) groups excluding carboxylic acids is 2. The van der Waals surface area contributed by atoms with Gasteiger partial charge in [-0.1, -0.05) is 0 Å². The van der Waals surface area contributed by atoms with Crippen LogP contribution in [0.1, 0.15) is 29.9 Å². The highest BCUT2D eigenvalue weighted by atomic mass is 16.5. The molecule has 3 aliphatic heterocycles. The molecule has 37 heavy (non-hydrogen) atoms. The molecule has 0 spiro atoms. The van der Waals surface area contributed by atoms with E-state index in [0.717, 1.165) is 44.1 Å². The van der Waals surface area contributed by atoms with Gasteiger partial charge in [0.15, 0.2) is 0 Å². The summed E-state index contributed by atoms with van der Waals surface area (Å²) in [4.78, 5) is 41.0. The van der Waals surface area contributed by atoms with Crippen molar-refractivity contribution in [3.63, 3.8) is 0 Å². The molecule has 1 aromatic heterocycles. The summed E-state index contributed by atoms with van der Waals surface area (Å²) < 4.78 is 16.8. The fourth-order valence-electron chi connectivity index (χ4n) is 4.86. The zero-order valence-corrected chi connectivity index (χ0v) is 21.7. The summed E-state index contributed by atoms with van der Waals surface area (Å²) in [5.74, 6) is 0.456. The maximum absolute atomic E-state index is 13.3. The Labute approximate surface area is 216 Å². The highest BCUT2D eigenvalue weighted by Gasteiger charge is 2.42. The van der Waals surface area contributed by atoms with Crippen molar-refractivity contribution in [1.29, 1.82) is 0 Å². The number of ether oxygens (including phenoxy) is 3. The average molecular weight is 511 g/mol. The predicted molar refractivity (Wildman–Crippen MR) is 139 cm³/mol. The summed E-state index contributed by atoms with van der Waals surface area (Å²) in [7, 11) is 1.77. The molecule has 2 amide bonds. The van der Waals surface area contributed by atoms with Gasteiger partial charge in [-0.3, -0.25) is 14.5 Å². The Kier molecular flexibility index (Phi) is 7.27. The fourth-order valence-corrected chi connectivity index (χ4v) is 4.86. The van der Waals surface area contributed by atoms with E-state index in [0.29, 0.717) is 50.4 Å². The van der Waals surface area contributed by atoms with E-state index >= 15 is 0 Å². The standard InChI is InChI=1S/C26H34N6O5/c1-26(2)19-16-18(4-5-21(19)30(3)24(26)34)27-23(33)20-17-22(37-15-8-31-6-11-35-12-7-31)29-25(28-20)32-9-13-36-14-10-32/h4-5,16-17H,6-15H2,1-3H3,(H,27,33). The fraction of sp³-hybridized carbons (Fsp3) is 0.538. The normalized spacial score (nSPS) is 19.6. The molecule has 2 aromatic rings. The van der Waals surface area contributed by atoms with Crippen LogP contribution >= 0.6 is 0 Å². The lowest BCUT2D eigenvalue weighted by Crippen LogP contribution is -2.39. The summed E-state index contributed by atoms with van der Waals surface area (Å²) in [5, 5.41) is 2.94. The van der Waals surface area contributed by atoms with Crippen LogP contribution in [0.4, 0.5) is 17.3 Å². The number of hydrogen-bond acceptors (Lipinski definition) is 9. The van der Waals surface area contributed by atoms with Crippen molar-refractivity contribution in [2.45, 2.75) is 19.3 Å². The molecule has 198 valence electrons. The second kappa shape index (κ2) is 10.6. The van der Waals surface area contributed by atoms with Crippen LogP contribution in [0.25, 0.3) is 0 Å². The molecule has 5 rings (SSSR count). The average Bonchev–Trinajstić information content (AvgIpc) is 3.09. The van der Waals surface area contributed by atoms with Gasteiger partial charge in [-0.15, -0.1) is 0 Å². The molecule has 11 heteroatoms. The molecule has 1 N–H and O–H groups in total. The summed E-state index contributed by atoms with van der Waals surface area (Å²) >= 11 is 0. The third-order valence-corrected chi connectivity index (χ3v) is 7.11. The molecular formula is C26H34N6O5. The lowest BCUT2D eigenvalue weighted by atomic mass is 9.86. The van der Waals surface area contributed by atoms with E-state index in [2.05, 4.69) is 20.2 Å². The van der Waals surface area contributed by atoms with Gasteiger partial charge in [0.05, 0.1) is 31.8 Å². The number of likely N-dealkylation sites (N-methyl/N-ethyl adjacent to an activating group) is 1. The molecule has 2 fully saturated rings. The Morgan fingerprint density at radius 2 is 1.76 bits per heavy atom. The first-order valence-electron chi connectivity index (χ1n) is 12.7. The number of anilines is 3. The largest absolute Gasteiger partial charge is 0.476 e. The molecule has 2 saturated heterocycles. The van der Waals surface area contributed by atoms with Gasteiger partial charge in [-0.25, -0.2) is 4.98 Å². The van der Waals surface area contributed by atoms with Crippen LogP contribution in [-0.4, -0.2) is 99.5 Å². The van der Waals surface area contributed by atoms with Gasteiger partial charge in [0.2, 0.25) is 17.7 Å². The van der Waals surface area contributed by atoms with Crippen molar-refractivity contribution in [3.8, 4) is 5.88 Å². The smallest absolute Gasteiger partial charge is 0.274 e. The lowest BCUT2D eigenvalue weighted by molar-refractivity contribution is -0.121. The van der Waals surface area contributed by atoms with Crippen LogP contribution < -0.4 is 19.9 Å². The Morgan fingerprint density at radius 1 is 1.05 bits per heavy atom. The number of hydrogen-bond donors (Lipinski definition) is 1. The first-order chi connectivity index (χ1) is 17.8. The van der Waals surface area contributed by atoms with Crippen molar-refractivity contribution in [2.24, 2.45) is 0 Å². The highest BCUT2D eigenvalue weighted by Crippen LogP contribution is 2.42. The second-order valence-electron chi connectivity index (χ2n) is 9.97. The van der Waals surface area contributed by atoms with Crippen molar-refractivity contribution >= 4 is 29.1 Å². The first-order valence-corrected chi connectivity index (χ1v) is 12.7. The number of benzene rings is 1. The lowest BCUT2D eigenvalue weighted by Gasteiger charge is -2.27. The Bertz CT molecular complexity index is 1160. The molecule has 0 atom stereocenters. The third kappa shape index (κ3) is 5.39. The van der Waals surface area contributed by atoms with Crippen molar-refractivity contribution in [2.75, 3.05) is 87.9 Å². The second-order valence-corrected chi connectivity index (χ2v) is 9.97. The number of rotatable bonds is 7. The third-order valence-electron chi connectivity index (χ3n) is 7.11. The van der Waals surface area contributed by atoms with Crippen LogP contribution in [0.2, 0.25) is 0 Å². The van der Waals surface area contributed by atoms with Gasteiger partial charge < -0.3 is 29.3 Å². The molecule has 1 aromatic carbocycles. The van der Waals surface area contributed by atoms with Crippen LogP contribution in [0.15, 0.2) is 24.3 Å². The highest BCUT2D eigenvalue weighted by molar-refractivity contribution is 6.08. The summed E-state index contributed by atoms with van der Waals surface area (Å²) in [5.41, 5.74) is 1.87. The maximum atomic E-state index is 13.3.